The fourth-order valence-corrected chi connectivity index (χ4v) is 1.76. The third-order valence-corrected chi connectivity index (χ3v) is 2.51. The molecule has 0 saturated carbocycles. The third kappa shape index (κ3) is 2.22. The quantitative estimate of drug-likeness (QED) is 0.842. The van der Waals surface area contributed by atoms with E-state index in [4.69, 9.17) is 0 Å². The van der Waals surface area contributed by atoms with Crippen LogP contribution in [-0.4, -0.2) is 11.5 Å². The first-order chi connectivity index (χ1) is 7.81. The molecule has 0 unspecified atom stereocenters. The van der Waals surface area contributed by atoms with Crippen molar-refractivity contribution in [3.8, 4) is 11.1 Å². The monoisotopic (exact) mass is 212 g/mol. The Morgan fingerprint density at radius 1 is 1.25 bits per heavy atom. The maximum Gasteiger partial charge on any atom is 0.0420 e. The molecule has 0 saturated heterocycles. The van der Waals surface area contributed by atoms with Crippen LogP contribution in [0.2, 0.25) is 0 Å². The van der Waals surface area contributed by atoms with Crippen molar-refractivity contribution in [2.24, 2.45) is 0 Å². The summed E-state index contributed by atoms with van der Waals surface area (Å²) in [6.45, 7) is 5.14. The summed E-state index contributed by atoms with van der Waals surface area (Å²) in [7, 11) is 0. The largest absolute Gasteiger partial charge is 0.385 e. The van der Waals surface area contributed by atoms with Gasteiger partial charge in [0.05, 0.1) is 0 Å². The lowest BCUT2D eigenvalue weighted by Gasteiger charge is -2.11. The van der Waals surface area contributed by atoms with Crippen molar-refractivity contribution in [2.45, 2.75) is 13.8 Å². The van der Waals surface area contributed by atoms with Crippen LogP contribution in [-0.2, 0) is 0 Å². The SMILES string of the molecule is CCNc1ccc(C)cc1-c1cccnc1. The Bertz CT molecular complexity index is 463. The number of nitrogens with zero attached hydrogens (tertiary/aromatic N) is 1. The van der Waals surface area contributed by atoms with Gasteiger partial charge in [0, 0.05) is 35.8 Å². The van der Waals surface area contributed by atoms with Crippen LogP contribution in [0.1, 0.15) is 12.5 Å². The van der Waals surface area contributed by atoms with Gasteiger partial charge in [0.1, 0.15) is 0 Å². The van der Waals surface area contributed by atoms with Gasteiger partial charge < -0.3 is 5.32 Å². The van der Waals surface area contributed by atoms with Gasteiger partial charge in [-0.05, 0) is 32.0 Å². The maximum atomic E-state index is 4.16. The number of hydrogen-bond donors (Lipinski definition) is 1. The zero-order chi connectivity index (χ0) is 11.4. The molecule has 1 heterocycles. The van der Waals surface area contributed by atoms with E-state index >= 15 is 0 Å². The van der Waals surface area contributed by atoms with E-state index in [9.17, 15) is 0 Å². The lowest BCUT2D eigenvalue weighted by atomic mass is 10.0. The second-order valence-electron chi connectivity index (χ2n) is 3.82. The van der Waals surface area contributed by atoms with E-state index in [1.807, 2.05) is 12.3 Å². The van der Waals surface area contributed by atoms with Crippen LogP contribution in [0, 0.1) is 6.92 Å². The molecule has 0 spiro atoms. The van der Waals surface area contributed by atoms with Gasteiger partial charge in [0.15, 0.2) is 0 Å². The average Bonchev–Trinajstić information content (AvgIpc) is 2.33. The summed E-state index contributed by atoms with van der Waals surface area (Å²) in [5, 5.41) is 3.37. The summed E-state index contributed by atoms with van der Waals surface area (Å²) in [6.07, 6.45) is 3.70. The van der Waals surface area contributed by atoms with Crippen molar-refractivity contribution in [1.29, 1.82) is 0 Å². The van der Waals surface area contributed by atoms with E-state index in [0.717, 1.165) is 12.1 Å². The molecule has 0 aliphatic carbocycles. The minimum Gasteiger partial charge on any atom is -0.385 e. The molecule has 0 fully saturated rings. The summed E-state index contributed by atoms with van der Waals surface area (Å²) in [5.74, 6) is 0. The number of aryl methyl sites for hydroxylation is 1. The van der Waals surface area contributed by atoms with Crippen molar-refractivity contribution in [3.05, 3.63) is 48.3 Å². The topological polar surface area (TPSA) is 24.9 Å². The van der Waals surface area contributed by atoms with Crippen LogP contribution in [0.3, 0.4) is 0 Å². The van der Waals surface area contributed by atoms with Crippen LogP contribution < -0.4 is 5.32 Å². The van der Waals surface area contributed by atoms with E-state index < -0.39 is 0 Å². The molecule has 0 atom stereocenters. The van der Waals surface area contributed by atoms with Gasteiger partial charge in [0.25, 0.3) is 0 Å². The predicted octanol–water partition coefficient (Wildman–Crippen LogP) is 3.49. The first-order valence-corrected chi connectivity index (χ1v) is 5.56. The third-order valence-electron chi connectivity index (χ3n) is 2.51. The number of anilines is 1. The Hall–Kier alpha value is -1.83. The molecule has 0 aliphatic heterocycles. The minimum atomic E-state index is 0.927. The van der Waals surface area contributed by atoms with Gasteiger partial charge in [-0.3, -0.25) is 4.98 Å². The molecular weight excluding hydrogens is 196 g/mol. The van der Waals surface area contributed by atoms with Gasteiger partial charge >= 0.3 is 0 Å². The highest BCUT2D eigenvalue weighted by molar-refractivity contribution is 5.77. The standard InChI is InChI=1S/C14H16N2/c1-3-16-14-7-6-11(2)9-13(14)12-5-4-8-15-10-12/h4-10,16H,3H2,1-2H3. The van der Waals surface area contributed by atoms with Crippen LogP contribution in [0.15, 0.2) is 42.7 Å². The van der Waals surface area contributed by atoms with Gasteiger partial charge in [-0.1, -0.05) is 17.7 Å². The Balaban J connectivity index is 2.49. The van der Waals surface area contributed by atoms with Crippen LogP contribution in [0.4, 0.5) is 5.69 Å². The second-order valence-corrected chi connectivity index (χ2v) is 3.82. The predicted molar refractivity (Wildman–Crippen MR) is 68.6 cm³/mol. The van der Waals surface area contributed by atoms with Crippen LogP contribution in [0.25, 0.3) is 11.1 Å². The summed E-state index contributed by atoms with van der Waals surface area (Å²) in [5.41, 5.74) is 4.80. The molecule has 0 radical (unpaired) electrons. The Morgan fingerprint density at radius 3 is 2.81 bits per heavy atom. The van der Waals surface area contributed by atoms with Gasteiger partial charge in [-0.2, -0.15) is 0 Å². The fourth-order valence-electron chi connectivity index (χ4n) is 1.76. The molecule has 1 aromatic heterocycles. The first kappa shape index (κ1) is 10.7. The summed E-state index contributed by atoms with van der Waals surface area (Å²) < 4.78 is 0. The second kappa shape index (κ2) is 4.79. The number of hydrogen-bond acceptors (Lipinski definition) is 2. The smallest absolute Gasteiger partial charge is 0.0420 e. The summed E-state index contributed by atoms with van der Waals surface area (Å²) >= 11 is 0. The Labute approximate surface area is 96.4 Å². The number of benzene rings is 1. The molecule has 16 heavy (non-hydrogen) atoms. The molecule has 2 nitrogen and oxygen atoms in total. The zero-order valence-electron chi connectivity index (χ0n) is 9.70. The van der Waals surface area contributed by atoms with Crippen molar-refractivity contribution in [2.75, 3.05) is 11.9 Å². The molecular formula is C14H16N2. The summed E-state index contributed by atoms with van der Waals surface area (Å²) in [4.78, 5) is 4.16. The lowest BCUT2D eigenvalue weighted by Crippen LogP contribution is -1.98. The number of rotatable bonds is 3. The van der Waals surface area contributed by atoms with Gasteiger partial charge in [0.2, 0.25) is 0 Å². The molecule has 0 amide bonds. The molecule has 1 N–H and O–H groups in total. The fraction of sp³-hybridized carbons (Fsp3) is 0.214. The van der Waals surface area contributed by atoms with E-state index in [-0.39, 0.29) is 0 Å². The number of pyridine rings is 1. The molecule has 0 bridgehead atoms. The highest BCUT2D eigenvalue weighted by Crippen LogP contribution is 2.28. The molecule has 2 aromatic rings. The highest BCUT2D eigenvalue weighted by Gasteiger charge is 2.04. The molecule has 1 aromatic carbocycles. The maximum absolute atomic E-state index is 4.16. The van der Waals surface area contributed by atoms with E-state index in [2.05, 4.69) is 48.4 Å². The van der Waals surface area contributed by atoms with Crippen LogP contribution >= 0.6 is 0 Å². The molecule has 0 aliphatic rings. The van der Waals surface area contributed by atoms with Crippen LogP contribution in [0.5, 0.6) is 0 Å². The van der Waals surface area contributed by atoms with E-state index in [0.29, 0.717) is 0 Å². The lowest BCUT2D eigenvalue weighted by molar-refractivity contribution is 1.21. The van der Waals surface area contributed by atoms with Gasteiger partial charge in [-0.15, -0.1) is 0 Å². The highest BCUT2D eigenvalue weighted by atomic mass is 14.9. The Morgan fingerprint density at radius 2 is 2.12 bits per heavy atom. The van der Waals surface area contributed by atoms with E-state index in [1.165, 1.54) is 16.8 Å². The van der Waals surface area contributed by atoms with Crippen molar-refractivity contribution in [3.63, 3.8) is 0 Å². The van der Waals surface area contributed by atoms with E-state index in [1.54, 1.807) is 6.20 Å². The van der Waals surface area contributed by atoms with Crippen molar-refractivity contribution in [1.82, 2.24) is 4.98 Å². The minimum absolute atomic E-state index is 0.927. The van der Waals surface area contributed by atoms with Gasteiger partial charge in [-0.25, -0.2) is 0 Å². The zero-order valence-corrected chi connectivity index (χ0v) is 9.70. The average molecular weight is 212 g/mol. The summed E-state index contributed by atoms with van der Waals surface area (Å²) in [6, 6.07) is 10.5. The number of aromatic nitrogens is 1. The van der Waals surface area contributed by atoms with Crippen molar-refractivity contribution >= 4 is 5.69 Å². The Kier molecular flexibility index (Phi) is 3.20. The molecule has 82 valence electrons. The molecule has 2 rings (SSSR count). The molecule has 2 heteroatoms. The van der Waals surface area contributed by atoms with Crippen molar-refractivity contribution < 1.29 is 0 Å². The normalized spacial score (nSPS) is 10.1. The number of nitrogens with one attached hydrogen (secondary N) is 1. The first-order valence-electron chi connectivity index (χ1n) is 5.56.